The molecule has 0 aliphatic rings. The van der Waals surface area contributed by atoms with Crippen molar-refractivity contribution in [3.63, 3.8) is 0 Å². The van der Waals surface area contributed by atoms with E-state index in [1.54, 1.807) is 16.8 Å². The van der Waals surface area contributed by atoms with Crippen LogP contribution >= 0.6 is 34.5 Å². The Labute approximate surface area is 129 Å². The van der Waals surface area contributed by atoms with Crippen molar-refractivity contribution in [3.05, 3.63) is 44.9 Å². The molecule has 0 bridgehead atoms. The van der Waals surface area contributed by atoms with Gasteiger partial charge in [0.25, 0.3) is 0 Å². The average Bonchev–Trinajstić information content (AvgIpc) is 2.96. The topological polar surface area (TPSA) is 30.7 Å². The minimum absolute atomic E-state index is 0.0669. The first kappa shape index (κ1) is 13.8. The number of fused-ring (bicyclic) bond motifs is 1. The van der Waals surface area contributed by atoms with Crippen molar-refractivity contribution in [2.24, 2.45) is 0 Å². The number of alkyl halides is 1. The normalized spacial score (nSPS) is 11.4. The number of aryl methyl sites for hydroxylation is 1. The van der Waals surface area contributed by atoms with Crippen molar-refractivity contribution < 1.29 is 4.39 Å². The summed E-state index contributed by atoms with van der Waals surface area (Å²) in [5, 5.41) is 0.0669. The minimum Gasteiger partial charge on any atom is -0.321 e. The Balaban J connectivity index is 2.17. The van der Waals surface area contributed by atoms with Gasteiger partial charge in [0.1, 0.15) is 11.6 Å². The standard InChI is InChI=1S/C13H10Cl2FN3S/c1-7-12(20-6-17-7)5-19-11-3-9(16)8(15)2-10(11)18-13(19)4-14/h2-3,6H,4-5H2,1H3. The lowest BCUT2D eigenvalue weighted by molar-refractivity contribution is 0.628. The average molecular weight is 330 g/mol. The maximum Gasteiger partial charge on any atom is 0.144 e. The number of halogens is 3. The number of hydrogen-bond acceptors (Lipinski definition) is 3. The zero-order chi connectivity index (χ0) is 14.3. The summed E-state index contributed by atoms with van der Waals surface area (Å²) in [6.07, 6.45) is 0. The van der Waals surface area contributed by atoms with Crippen LogP contribution in [0.25, 0.3) is 11.0 Å². The number of rotatable bonds is 3. The van der Waals surface area contributed by atoms with E-state index in [1.807, 2.05) is 11.5 Å². The fourth-order valence-corrected chi connectivity index (χ4v) is 3.20. The van der Waals surface area contributed by atoms with Crippen LogP contribution in [0.3, 0.4) is 0 Å². The second-order valence-electron chi connectivity index (χ2n) is 4.36. The molecule has 3 rings (SSSR count). The Morgan fingerprint density at radius 1 is 1.40 bits per heavy atom. The molecule has 3 aromatic rings. The maximum atomic E-state index is 13.7. The third-order valence-corrected chi connectivity index (χ3v) is 4.58. The van der Waals surface area contributed by atoms with Crippen molar-refractivity contribution >= 4 is 45.6 Å². The van der Waals surface area contributed by atoms with Crippen LogP contribution in [-0.4, -0.2) is 14.5 Å². The maximum absolute atomic E-state index is 13.7. The second kappa shape index (κ2) is 5.31. The van der Waals surface area contributed by atoms with Gasteiger partial charge in [-0.25, -0.2) is 14.4 Å². The summed E-state index contributed by atoms with van der Waals surface area (Å²) in [4.78, 5) is 9.73. The molecule has 7 heteroatoms. The molecule has 1 aromatic carbocycles. The van der Waals surface area contributed by atoms with Gasteiger partial charge in [0.2, 0.25) is 0 Å². The molecule has 0 amide bonds. The molecule has 3 nitrogen and oxygen atoms in total. The van der Waals surface area contributed by atoms with Crippen molar-refractivity contribution in [3.8, 4) is 0 Å². The van der Waals surface area contributed by atoms with E-state index in [2.05, 4.69) is 9.97 Å². The first-order valence-electron chi connectivity index (χ1n) is 5.89. The Morgan fingerprint density at radius 2 is 2.20 bits per heavy atom. The quantitative estimate of drug-likeness (QED) is 0.667. The van der Waals surface area contributed by atoms with Crippen LogP contribution in [-0.2, 0) is 12.4 Å². The SMILES string of the molecule is Cc1ncsc1Cn1c(CCl)nc2cc(Cl)c(F)cc21. The van der Waals surface area contributed by atoms with Gasteiger partial charge in [-0.1, -0.05) is 11.6 Å². The molecule has 0 aliphatic heterocycles. The Bertz CT molecular complexity index is 781. The van der Waals surface area contributed by atoms with Crippen molar-refractivity contribution in [2.75, 3.05) is 0 Å². The molecular weight excluding hydrogens is 320 g/mol. The zero-order valence-corrected chi connectivity index (χ0v) is 12.9. The van der Waals surface area contributed by atoms with E-state index in [1.165, 1.54) is 12.1 Å². The largest absolute Gasteiger partial charge is 0.321 e. The molecule has 0 atom stereocenters. The smallest absolute Gasteiger partial charge is 0.144 e. The summed E-state index contributed by atoms with van der Waals surface area (Å²) in [6, 6.07) is 2.93. The van der Waals surface area contributed by atoms with E-state index < -0.39 is 5.82 Å². The second-order valence-corrected chi connectivity index (χ2v) is 5.98. The van der Waals surface area contributed by atoms with Crippen molar-refractivity contribution in [2.45, 2.75) is 19.3 Å². The third-order valence-electron chi connectivity index (χ3n) is 3.14. The molecular formula is C13H10Cl2FN3S. The molecule has 0 saturated carbocycles. The van der Waals surface area contributed by atoms with Gasteiger partial charge in [0.15, 0.2) is 0 Å². The number of thiazole rings is 1. The summed E-state index contributed by atoms with van der Waals surface area (Å²) in [5.41, 5.74) is 4.10. The van der Waals surface area contributed by atoms with Gasteiger partial charge in [0, 0.05) is 10.9 Å². The number of hydrogen-bond donors (Lipinski definition) is 0. The van der Waals surface area contributed by atoms with E-state index in [0.717, 1.165) is 10.6 Å². The van der Waals surface area contributed by atoms with Gasteiger partial charge in [-0.05, 0) is 13.0 Å². The van der Waals surface area contributed by atoms with Crippen LogP contribution in [0.2, 0.25) is 5.02 Å². The molecule has 0 aliphatic carbocycles. The zero-order valence-electron chi connectivity index (χ0n) is 10.5. The van der Waals surface area contributed by atoms with Gasteiger partial charge in [0.05, 0.1) is 39.7 Å². The molecule has 0 N–H and O–H groups in total. The Morgan fingerprint density at radius 3 is 2.85 bits per heavy atom. The third kappa shape index (κ3) is 2.30. The molecule has 0 spiro atoms. The summed E-state index contributed by atoms with van der Waals surface area (Å²) < 4.78 is 15.6. The lowest BCUT2D eigenvalue weighted by Gasteiger charge is -2.07. The van der Waals surface area contributed by atoms with E-state index in [9.17, 15) is 4.39 Å². The first-order chi connectivity index (χ1) is 9.60. The number of nitrogens with zero attached hydrogens (tertiary/aromatic N) is 3. The predicted molar refractivity (Wildman–Crippen MR) is 80.2 cm³/mol. The first-order valence-corrected chi connectivity index (χ1v) is 7.68. The lowest BCUT2D eigenvalue weighted by atomic mass is 10.3. The highest BCUT2D eigenvalue weighted by atomic mass is 35.5. The molecule has 0 fully saturated rings. The van der Waals surface area contributed by atoms with Gasteiger partial charge in [-0.2, -0.15) is 0 Å². The summed E-state index contributed by atoms with van der Waals surface area (Å²) in [6.45, 7) is 2.53. The van der Waals surface area contributed by atoms with E-state index >= 15 is 0 Å². The van der Waals surface area contributed by atoms with E-state index in [4.69, 9.17) is 23.2 Å². The van der Waals surface area contributed by atoms with Gasteiger partial charge < -0.3 is 4.57 Å². The van der Waals surface area contributed by atoms with E-state index in [0.29, 0.717) is 23.4 Å². The Hall–Kier alpha value is -1.17. The van der Waals surface area contributed by atoms with Gasteiger partial charge in [-0.3, -0.25) is 0 Å². The van der Waals surface area contributed by atoms with Crippen molar-refractivity contribution in [1.29, 1.82) is 0 Å². The van der Waals surface area contributed by atoms with Gasteiger partial charge in [-0.15, -0.1) is 22.9 Å². The van der Waals surface area contributed by atoms with E-state index in [-0.39, 0.29) is 10.9 Å². The molecule has 0 saturated heterocycles. The van der Waals surface area contributed by atoms with Crippen LogP contribution in [0.4, 0.5) is 4.39 Å². The van der Waals surface area contributed by atoms with Crippen LogP contribution in [0.15, 0.2) is 17.6 Å². The monoisotopic (exact) mass is 329 g/mol. The lowest BCUT2D eigenvalue weighted by Crippen LogP contribution is -2.03. The molecule has 104 valence electrons. The van der Waals surface area contributed by atoms with Gasteiger partial charge >= 0.3 is 0 Å². The number of benzene rings is 1. The molecule has 20 heavy (non-hydrogen) atoms. The predicted octanol–water partition coefficient (Wildman–Crippen LogP) is 4.38. The Kier molecular flexibility index (Phi) is 3.67. The van der Waals surface area contributed by atoms with Crippen LogP contribution in [0.1, 0.15) is 16.4 Å². The highest BCUT2D eigenvalue weighted by Crippen LogP contribution is 2.26. The summed E-state index contributed by atoms with van der Waals surface area (Å²) >= 11 is 13.3. The molecule has 2 aromatic heterocycles. The summed E-state index contributed by atoms with van der Waals surface area (Å²) in [5.74, 6) is 0.491. The fraction of sp³-hybridized carbons (Fsp3) is 0.231. The minimum atomic E-state index is -0.456. The number of aromatic nitrogens is 3. The fourth-order valence-electron chi connectivity index (χ4n) is 2.07. The van der Waals surface area contributed by atoms with Crippen molar-refractivity contribution in [1.82, 2.24) is 14.5 Å². The van der Waals surface area contributed by atoms with Crippen LogP contribution in [0, 0.1) is 12.7 Å². The molecule has 0 unspecified atom stereocenters. The number of imidazole rings is 1. The summed E-state index contributed by atoms with van der Waals surface area (Å²) in [7, 11) is 0. The highest BCUT2D eigenvalue weighted by molar-refractivity contribution is 7.09. The van der Waals surface area contributed by atoms with Crippen LogP contribution < -0.4 is 0 Å². The highest BCUT2D eigenvalue weighted by Gasteiger charge is 2.14. The van der Waals surface area contributed by atoms with Crippen LogP contribution in [0.5, 0.6) is 0 Å². The molecule has 0 radical (unpaired) electrons. The molecule has 2 heterocycles.